The summed E-state index contributed by atoms with van der Waals surface area (Å²) in [4.78, 5) is 12.7. The Morgan fingerprint density at radius 1 is 1.33 bits per heavy atom. The van der Waals surface area contributed by atoms with E-state index in [9.17, 15) is 9.90 Å². The molecule has 1 aliphatic rings. The smallest absolute Gasteiger partial charge is 0.291 e. The van der Waals surface area contributed by atoms with E-state index in [1.807, 2.05) is 13.8 Å². The fraction of sp³-hybridized carbons (Fsp3) is 0.421. The first-order chi connectivity index (χ1) is 11.2. The van der Waals surface area contributed by atoms with Crippen molar-refractivity contribution in [1.82, 2.24) is 0 Å². The molecule has 2 N–H and O–H groups in total. The van der Waals surface area contributed by atoms with Gasteiger partial charge < -0.3 is 14.8 Å². The van der Waals surface area contributed by atoms with Gasteiger partial charge in [-0.15, -0.1) is 0 Å². The Hall–Kier alpha value is -1.78. The summed E-state index contributed by atoms with van der Waals surface area (Å²) >= 11 is 6.10. The molecule has 0 radical (unpaired) electrons. The zero-order chi connectivity index (χ0) is 17.6. The third-order valence-electron chi connectivity index (χ3n) is 4.71. The van der Waals surface area contributed by atoms with Crippen molar-refractivity contribution in [2.75, 3.05) is 5.32 Å². The number of hydrogen-bond donors (Lipinski definition) is 2. The summed E-state index contributed by atoms with van der Waals surface area (Å²) in [6.07, 6.45) is 0.778. The Bertz CT molecular complexity index is 807. The van der Waals surface area contributed by atoms with E-state index in [1.54, 1.807) is 18.2 Å². The van der Waals surface area contributed by atoms with Crippen LogP contribution in [0.3, 0.4) is 0 Å². The first-order valence-corrected chi connectivity index (χ1v) is 8.44. The number of aliphatic hydroxyl groups excluding tert-OH is 1. The Labute approximate surface area is 146 Å². The third-order valence-corrected chi connectivity index (χ3v) is 5.12. The number of amides is 1. The summed E-state index contributed by atoms with van der Waals surface area (Å²) in [5.41, 5.74) is 2.89. The van der Waals surface area contributed by atoms with Gasteiger partial charge in [-0.1, -0.05) is 31.5 Å². The summed E-state index contributed by atoms with van der Waals surface area (Å²) in [5.74, 6) is 0.651. The Balaban J connectivity index is 1.93. The monoisotopic (exact) mass is 347 g/mol. The summed E-state index contributed by atoms with van der Waals surface area (Å²) in [7, 11) is 0. The molecule has 4 nitrogen and oxygen atoms in total. The molecule has 1 unspecified atom stereocenters. The van der Waals surface area contributed by atoms with Gasteiger partial charge in [0, 0.05) is 28.3 Å². The molecule has 2 aromatic rings. The topological polar surface area (TPSA) is 62.5 Å². The minimum Gasteiger partial charge on any atom is -0.455 e. The number of aliphatic hydroxyl groups is 1. The van der Waals surface area contributed by atoms with Crippen LogP contribution in [0, 0.1) is 19.3 Å². The number of nitrogens with one attached hydrogen (secondary N) is 1. The molecule has 0 saturated carbocycles. The quantitative estimate of drug-likeness (QED) is 0.819. The highest BCUT2D eigenvalue weighted by Crippen LogP contribution is 2.44. The second-order valence-corrected chi connectivity index (χ2v) is 7.73. The normalized spacial score (nSPS) is 19.0. The van der Waals surface area contributed by atoms with Crippen molar-refractivity contribution in [3.05, 3.63) is 51.4 Å². The molecule has 24 heavy (non-hydrogen) atoms. The number of fused-ring (bicyclic) bond motifs is 1. The highest BCUT2D eigenvalue weighted by Gasteiger charge is 2.37. The average molecular weight is 348 g/mol. The summed E-state index contributed by atoms with van der Waals surface area (Å²) in [6, 6.07) is 5.37. The van der Waals surface area contributed by atoms with Crippen LogP contribution in [-0.4, -0.2) is 11.0 Å². The zero-order valence-corrected chi connectivity index (χ0v) is 15.1. The number of halogens is 1. The van der Waals surface area contributed by atoms with E-state index >= 15 is 0 Å². The molecule has 5 heteroatoms. The van der Waals surface area contributed by atoms with Gasteiger partial charge in [0.1, 0.15) is 5.76 Å². The maximum absolute atomic E-state index is 12.7. The minimum atomic E-state index is -0.595. The molecular formula is C19H22ClNO3. The number of carbonyl (C=O) groups excluding carboxylic acids is 1. The molecule has 128 valence electrons. The van der Waals surface area contributed by atoms with Gasteiger partial charge in [-0.05, 0) is 43.4 Å². The molecule has 0 saturated heterocycles. The highest BCUT2D eigenvalue weighted by atomic mass is 35.5. The summed E-state index contributed by atoms with van der Waals surface area (Å²) < 4.78 is 5.84. The number of carbonyl (C=O) groups is 1. The van der Waals surface area contributed by atoms with Crippen LogP contribution < -0.4 is 5.32 Å². The maximum atomic E-state index is 12.7. The number of rotatable bonds is 2. The zero-order valence-electron chi connectivity index (χ0n) is 14.4. The van der Waals surface area contributed by atoms with Crippen molar-refractivity contribution in [1.29, 1.82) is 0 Å². The molecule has 1 aromatic carbocycles. The van der Waals surface area contributed by atoms with Crippen molar-refractivity contribution in [2.24, 2.45) is 5.41 Å². The molecule has 0 spiro atoms. The number of hydrogen-bond acceptors (Lipinski definition) is 3. The van der Waals surface area contributed by atoms with E-state index in [0.717, 1.165) is 11.1 Å². The Morgan fingerprint density at radius 2 is 2.04 bits per heavy atom. The molecule has 1 aromatic heterocycles. The highest BCUT2D eigenvalue weighted by molar-refractivity contribution is 6.31. The van der Waals surface area contributed by atoms with Gasteiger partial charge >= 0.3 is 0 Å². The van der Waals surface area contributed by atoms with Gasteiger partial charge in [0.2, 0.25) is 0 Å². The minimum absolute atomic E-state index is 0.0476. The lowest BCUT2D eigenvalue weighted by atomic mass is 9.75. The molecule has 1 amide bonds. The third kappa shape index (κ3) is 2.96. The van der Waals surface area contributed by atoms with Crippen LogP contribution in [0.4, 0.5) is 5.69 Å². The molecule has 0 bridgehead atoms. The maximum Gasteiger partial charge on any atom is 0.291 e. The van der Waals surface area contributed by atoms with E-state index < -0.39 is 6.10 Å². The van der Waals surface area contributed by atoms with Crippen LogP contribution in [0.15, 0.2) is 22.6 Å². The van der Waals surface area contributed by atoms with Crippen LogP contribution in [0.25, 0.3) is 0 Å². The SMILES string of the molecule is Cc1c(Cl)cccc1NC(=O)c1oc2c(c1C)C(O)CC(C)(C)C2. The fourth-order valence-electron chi connectivity index (χ4n) is 3.42. The number of anilines is 1. The summed E-state index contributed by atoms with van der Waals surface area (Å²) in [6.45, 7) is 7.85. The lowest BCUT2D eigenvalue weighted by molar-refractivity contribution is 0.0910. The molecule has 0 aliphatic heterocycles. The second kappa shape index (κ2) is 5.94. The van der Waals surface area contributed by atoms with E-state index in [2.05, 4.69) is 19.2 Å². The van der Waals surface area contributed by atoms with E-state index in [4.69, 9.17) is 16.0 Å². The van der Waals surface area contributed by atoms with Gasteiger partial charge in [-0.25, -0.2) is 0 Å². The molecule has 1 atom stereocenters. The van der Waals surface area contributed by atoms with Gasteiger partial charge in [-0.2, -0.15) is 0 Å². The second-order valence-electron chi connectivity index (χ2n) is 7.32. The van der Waals surface area contributed by atoms with Crippen molar-refractivity contribution >= 4 is 23.2 Å². The standard InChI is InChI=1S/C19H22ClNO3/c1-10-12(20)6-5-7-13(10)21-18(23)17-11(2)16-14(22)8-19(3,4)9-15(16)24-17/h5-7,14,22H,8-9H2,1-4H3,(H,21,23). The van der Waals surface area contributed by atoms with E-state index in [-0.39, 0.29) is 17.1 Å². The largest absolute Gasteiger partial charge is 0.455 e. The van der Waals surface area contributed by atoms with Crippen molar-refractivity contribution in [2.45, 2.75) is 46.6 Å². The molecule has 1 heterocycles. The molecule has 0 fully saturated rings. The lowest BCUT2D eigenvalue weighted by Gasteiger charge is -2.31. The average Bonchev–Trinajstić information content (AvgIpc) is 2.79. The first-order valence-electron chi connectivity index (χ1n) is 8.06. The van der Waals surface area contributed by atoms with Crippen molar-refractivity contribution in [3.63, 3.8) is 0 Å². The molecular weight excluding hydrogens is 326 g/mol. The molecule has 1 aliphatic carbocycles. The van der Waals surface area contributed by atoms with E-state index in [0.29, 0.717) is 34.9 Å². The lowest BCUT2D eigenvalue weighted by Crippen LogP contribution is -2.24. The van der Waals surface area contributed by atoms with Crippen LogP contribution in [0.1, 0.15) is 59.4 Å². The van der Waals surface area contributed by atoms with Crippen LogP contribution in [0.2, 0.25) is 5.02 Å². The number of furan rings is 1. The van der Waals surface area contributed by atoms with Crippen molar-refractivity contribution < 1.29 is 14.3 Å². The Kier molecular flexibility index (Phi) is 4.22. The predicted octanol–water partition coefficient (Wildman–Crippen LogP) is 4.81. The number of benzene rings is 1. The molecule has 3 rings (SSSR count). The van der Waals surface area contributed by atoms with Crippen molar-refractivity contribution in [3.8, 4) is 0 Å². The van der Waals surface area contributed by atoms with Crippen LogP contribution in [0.5, 0.6) is 0 Å². The van der Waals surface area contributed by atoms with Crippen LogP contribution >= 0.6 is 11.6 Å². The van der Waals surface area contributed by atoms with Gasteiger partial charge in [0.15, 0.2) is 5.76 Å². The predicted molar refractivity (Wildman–Crippen MR) is 94.6 cm³/mol. The Morgan fingerprint density at radius 3 is 2.75 bits per heavy atom. The summed E-state index contributed by atoms with van der Waals surface area (Å²) in [5, 5.41) is 13.9. The fourth-order valence-corrected chi connectivity index (χ4v) is 3.60. The first kappa shape index (κ1) is 17.1. The van der Waals surface area contributed by atoms with E-state index in [1.165, 1.54) is 0 Å². The van der Waals surface area contributed by atoms with Crippen LogP contribution in [-0.2, 0) is 6.42 Å². The van der Waals surface area contributed by atoms with Gasteiger partial charge in [0.05, 0.1) is 6.10 Å². The van der Waals surface area contributed by atoms with Gasteiger partial charge in [0.25, 0.3) is 5.91 Å². The van der Waals surface area contributed by atoms with Gasteiger partial charge in [-0.3, -0.25) is 4.79 Å².